The largest absolute Gasteiger partial charge is 0.507 e. The molecule has 0 bridgehead atoms. The fourth-order valence-corrected chi connectivity index (χ4v) is 4.04. The Morgan fingerprint density at radius 3 is 2.34 bits per heavy atom. The number of carbonyl (C=O) groups is 2. The molecule has 0 aliphatic carbocycles. The highest BCUT2D eigenvalue weighted by molar-refractivity contribution is 6.51. The van der Waals surface area contributed by atoms with Crippen molar-refractivity contribution in [1.82, 2.24) is 5.16 Å². The van der Waals surface area contributed by atoms with Crippen LogP contribution in [0.5, 0.6) is 5.75 Å². The molecule has 1 fully saturated rings. The van der Waals surface area contributed by atoms with E-state index in [4.69, 9.17) is 9.26 Å². The number of hydrogen-bond donors (Lipinski definition) is 1. The van der Waals surface area contributed by atoms with Gasteiger partial charge in [0.15, 0.2) is 5.82 Å². The number of Topliss-reactive ketones (excluding diaryl/α,β-unsaturated/α-hetero) is 1. The molecule has 0 spiro atoms. The number of anilines is 1. The lowest BCUT2D eigenvalue weighted by Gasteiger charge is -2.24. The molecule has 0 saturated carbocycles. The molecule has 1 saturated heterocycles. The summed E-state index contributed by atoms with van der Waals surface area (Å²) in [5, 5.41) is 15.2. The molecule has 1 unspecified atom stereocenters. The van der Waals surface area contributed by atoms with E-state index in [0.717, 1.165) is 5.56 Å². The second-order valence-corrected chi connectivity index (χ2v) is 9.46. The molecule has 1 amide bonds. The first-order chi connectivity index (χ1) is 16.6. The van der Waals surface area contributed by atoms with Gasteiger partial charge in [-0.15, -0.1) is 0 Å². The zero-order valence-corrected chi connectivity index (χ0v) is 20.2. The first kappa shape index (κ1) is 24.0. The number of aliphatic hydroxyl groups is 1. The molecule has 3 aromatic rings. The van der Waals surface area contributed by atoms with Crippen LogP contribution in [0.25, 0.3) is 5.76 Å². The monoisotopic (exact) mass is 472 g/mol. The number of nitrogens with zero attached hydrogens (tertiary/aromatic N) is 2. The van der Waals surface area contributed by atoms with Gasteiger partial charge in [0.25, 0.3) is 5.78 Å². The summed E-state index contributed by atoms with van der Waals surface area (Å²) in [5.74, 6) is -0.545. The molecule has 1 aliphatic rings. The van der Waals surface area contributed by atoms with Gasteiger partial charge in [-0.3, -0.25) is 14.5 Å². The number of hydrogen-bond acceptors (Lipinski definition) is 6. The van der Waals surface area contributed by atoms with Gasteiger partial charge in [-0.1, -0.05) is 62.8 Å². The smallest absolute Gasteiger partial charge is 0.301 e. The molecule has 2 aromatic carbocycles. The van der Waals surface area contributed by atoms with Crippen LogP contribution in [0.2, 0.25) is 0 Å². The average molecular weight is 473 g/mol. The Labute approximate surface area is 204 Å². The fourth-order valence-electron chi connectivity index (χ4n) is 4.04. The maximum atomic E-state index is 13.2. The lowest BCUT2D eigenvalue weighted by atomic mass is 9.85. The number of ketones is 1. The molecule has 7 heteroatoms. The summed E-state index contributed by atoms with van der Waals surface area (Å²) < 4.78 is 10.7. The maximum Gasteiger partial charge on any atom is 0.301 e. The number of rotatable bonds is 6. The van der Waals surface area contributed by atoms with Crippen molar-refractivity contribution in [2.24, 2.45) is 0 Å². The van der Waals surface area contributed by atoms with E-state index >= 15 is 0 Å². The van der Waals surface area contributed by atoms with Crippen molar-refractivity contribution < 1.29 is 24.0 Å². The normalized spacial score (nSPS) is 17.6. The summed E-state index contributed by atoms with van der Waals surface area (Å²) in [7, 11) is 0. The molecule has 1 aliphatic heterocycles. The first-order valence-corrected chi connectivity index (χ1v) is 11.3. The molecular weight excluding hydrogens is 444 g/mol. The van der Waals surface area contributed by atoms with E-state index in [2.05, 4.69) is 32.5 Å². The quantitative estimate of drug-likeness (QED) is 0.221. The lowest BCUT2D eigenvalue weighted by molar-refractivity contribution is -0.132. The minimum atomic E-state index is -0.870. The predicted octanol–water partition coefficient (Wildman–Crippen LogP) is 5.47. The molecule has 1 atom stereocenters. The summed E-state index contributed by atoms with van der Waals surface area (Å²) in [5.41, 5.74) is 2.08. The van der Waals surface area contributed by atoms with Crippen molar-refractivity contribution in [1.29, 1.82) is 0 Å². The molecule has 1 aromatic heterocycles. The third kappa shape index (κ3) is 4.62. The highest BCUT2D eigenvalue weighted by atomic mass is 16.5. The van der Waals surface area contributed by atoms with Crippen LogP contribution in [0, 0.1) is 6.92 Å². The van der Waals surface area contributed by atoms with Crippen molar-refractivity contribution in [2.45, 2.75) is 39.2 Å². The van der Waals surface area contributed by atoms with Crippen LogP contribution in [0.4, 0.5) is 5.82 Å². The van der Waals surface area contributed by atoms with Gasteiger partial charge < -0.3 is 14.4 Å². The Morgan fingerprint density at radius 2 is 1.80 bits per heavy atom. The Morgan fingerprint density at radius 1 is 1.14 bits per heavy atom. The highest BCUT2D eigenvalue weighted by Crippen LogP contribution is 2.42. The Bertz CT molecular complexity index is 1290. The van der Waals surface area contributed by atoms with Gasteiger partial charge in [-0.2, -0.15) is 0 Å². The van der Waals surface area contributed by atoms with E-state index in [1.54, 1.807) is 43.3 Å². The van der Waals surface area contributed by atoms with Crippen LogP contribution in [0.3, 0.4) is 0 Å². The number of benzene rings is 2. The Balaban J connectivity index is 1.84. The second kappa shape index (κ2) is 9.25. The molecule has 0 radical (unpaired) electrons. The molecule has 180 valence electrons. The predicted molar refractivity (Wildman–Crippen MR) is 133 cm³/mol. The van der Waals surface area contributed by atoms with Crippen LogP contribution in [-0.2, 0) is 15.0 Å². The Kier molecular flexibility index (Phi) is 6.35. The summed E-state index contributed by atoms with van der Waals surface area (Å²) in [6.07, 6.45) is 1.63. The number of aryl methyl sites for hydroxylation is 1. The molecule has 7 nitrogen and oxygen atoms in total. The molecule has 1 N–H and O–H groups in total. The van der Waals surface area contributed by atoms with Gasteiger partial charge in [0.1, 0.15) is 23.9 Å². The van der Waals surface area contributed by atoms with Crippen LogP contribution >= 0.6 is 0 Å². The van der Waals surface area contributed by atoms with E-state index in [9.17, 15) is 14.7 Å². The number of aliphatic hydroxyl groups excluding tert-OH is 1. The zero-order valence-electron chi connectivity index (χ0n) is 20.2. The van der Waals surface area contributed by atoms with Gasteiger partial charge in [0.2, 0.25) is 0 Å². The minimum Gasteiger partial charge on any atom is -0.507 e. The third-order valence-electron chi connectivity index (χ3n) is 5.89. The van der Waals surface area contributed by atoms with Crippen LogP contribution < -0.4 is 9.64 Å². The van der Waals surface area contributed by atoms with Crippen molar-refractivity contribution in [2.75, 3.05) is 11.5 Å². The van der Waals surface area contributed by atoms with Gasteiger partial charge >= 0.3 is 5.91 Å². The van der Waals surface area contributed by atoms with Gasteiger partial charge in [0, 0.05) is 11.6 Å². The first-order valence-electron chi connectivity index (χ1n) is 11.3. The van der Waals surface area contributed by atoms with E-state index in [0.29, 0.717) is 29.2 Å². The number of carbonyl (C=O) groups excluding carboxylic acids is 2. The van der Waals surface area contributed by atoms with Gasteiger partial charge in [-0.05, 0) is 47.7 Å². The SMILES string of the molecule is C=CCOc1ccc(/C(O)=C2\C(=O)C(=O)N(c3cc(C)on3)C2c2ccc(C(C)(C)C)cc2)cc1. The highest BCUT2D eigenvalue weighted by Gasteiger charge is 2.48. The topological polar surface area (TPSA) is 92.9 Å². The summed E-state index contributed by atoms with van der Waals surface area (Å²) in [6, 6.07) is 15.0. The van der Waals surface area contributed by atoms with Crippen molar-refractivity contribution in [3.8, 4) is 5.75 Å². The molecule has 2 heterocycles. The zero-order chi connectivity index (χ0) is 25.3. The van der Waals surface area contributed by atoms with E-state index in [1.165, 1.54) is 4.90 Å². The molecule has 4 rings (SSSR count). The average Bonchev–Trinajstić information content (AvgIpc) is 3.37. The van der Waals surface area contributed by atoms with Crippen molar-refractivity contribution >= 4 is 23.3 Å². The minimum absolute atomic E-state index is 0.0149. The van der Waals surface area contributed by atoms with Gasteiger partial charge in [-0.25, -0.2) is 0 Å². The fraction of sp³-hybridized carbons (Fsp3) is 0.250. The van der Waals surface area contributed by atoms with E-state index in [-0.39, 0.29) is 22.6 Å². The van der Waals surface area contributed by atoms with Crippen molar-refractivity contribution in [3.63, 3.8) is 0 Å². The molecular formula is C28H28N2O5. The second-order valence-electron chi connectivity index (χ2n) is 9.46. The summed E-state index contributed by atoms with van der Waals surface area (Å²) in [6.45, 7) is 12.0. The van der Waals surface area contributed by atoms with Crippen LogP contribution in [-0.4, -0.2) is 28.6 Å². The number of amides is 1. The standard InChI is InChI=1S/C28H28N2O5/c1-6-15-34-21-13-9-19(10-14-21)25(31)23-24(18-7-11-20(12-8-18)28(3,4)5)30(27(33)26(23)32)22-16-17(2)35-29-22/h6-14,16,24,31H,1,15H2,2-5H3/b25-23+. The number of ether oxygens (including phenoxy) is 1. The summed E-state index contributed by atoms with van der Waals surface area (Å²) >= 11 is 0. The Hall–Kier alpha value is -4.13. The maximum absolute atomic E-state index is 13.2. The molecule has 35 heavy (non-hydrogen) atoms. The van der Waals surface area contributed by atoms with Crippen molar-refractivity contribution in [3.05, 3.63) is 95.3 Å². The van der Waals surface area contributed by atoms with Crippen LogP contribution in [0.1, 0.15) is 49.3 Å². The lowest BCUT2D eigenvalue weighted by Crippen LogP contribution is -2.29. The van der Waals surface area contributed by atoms with E-state index in [1.807, 2.05) is 24.3 Å². The summed E-state index contributed by atoms with van der Waals surface area (Å²) in [4.78, 5) is 27.7. The van der Waals surface area contributed by atoms with E-state index < -0.39 is 17.7 Å². The van der Waals surface area contributed by atoms with Crippen LogP contribution in [0.15, 0.2) is 77.3 Å². The number of aromatic nitrogens is 1. The third-order valence-corrected chi connectivity index (χ3v) is 5.89. The van der Waals surface area contributed by atoms with Gasteiger partial charge in [0.05, 0.1) is 11.6 Å².